The Balaban J connectivity index is 1.48. The number of ether oxygens (including phenoxy) is 1. The van der Waals surface area contributed by atoms with Gasteiger partial charge in [0.05, 0.1) is 12.2 Å². The molecule has 0 aliphatic heterocycles. The highest BCUT2D eigenvalue weighted by Gasteiger charge is 2.12. The number of aromatic nitrogens is 2. The third-order valence-corrected chi connectivity index (χ3v) is 5.00. The lowest BCUT2D eigenvalue weighted by Gasteiger charge is -2.06. The molecule has 0 aliphatic rings. The molecule has 3 aromatic rings. The third-order valence-electron chi connectivity index (χ3n) is 5.00. The van der Waals surface area contributed by atoms with Crippen molar-refractivity contribution in [2.45, 2.75) is 52.4 Å². The number of hydrogen-bond donors (Lipinski definition) is 1. The number of nitrogens with zero attached hydrogens (tertiary/aromatic N) is 2. The number of unbranched alkanes of at least 4 members (excludes halogenated alkanes) is 1. The molecule has 0 bridgehead atoms. The van der Waals surface area contributed by atoms with Crippen LogP contribution < -0.4 is 5.32 Å². The molecule has 1 aromatic heterocycles. The zero-order chi connectivity index (χ0) is 22.9. The Morgan fingerprint density at radius 2 is 1.78 bits per heavy atom. The Kier molecular flexibility index (Phi) is 8.14. The van der Waals surface area contributed by atoms with E-state index in [0.717, 1.165) is 18.4 Å². The molecule has 0 radical (unpaired) electrons. The maximum absolute atomic E-state index is 12.3. The molecule has 32 heavy (non-hydrogen) atoms. The van der Waals surface area contributed by atoms with Crippen LogP contribution in [0, 0.1) is 0 Å². The number of aryl methyl sites for hydroxylation is 1. The van der Waals surface area contributed by atoms with Gasteiger partial charge in [-0.2, -0.15) is 4.98 Å². The molecule has 1 heterocycles. The predicted octanol–water partition coefficient (Wildman–Crippen LogP) is 5.39. The molecule has 7 nitrogen and oxygen atoms in total. The first-order chi connectivity index (χ1) is 15.5. The lowest BCUT2D eigenvalue weighted by Crippen LogP contribution is -2.13. The van der Waals surface area contributed by atoms with Crippen molar-refractivity contribution in [2.75, 3.05) is 11.9 Å². The van der Waals surface area contributed by atoms with Gasteiger partial charge in [-0.15, -0.1) is 0 Å². The molecule has 0 aliphatic carbocycles. The van der Waals surface area contributed by atoms with Crippen LogP contribution in [0.4, 0.5) is 5.69 Å². The first-order valence-corrected chi connectivity index (χ1v) is 11.0. The summed E-state index contributed by atoms with van der Waals surface area (Å²) in [5, 5.41) is 6.82. The molecule has 168 valence electrons. The fraction of sp³-hybridized carbons (Fsp3) is 0.360. The topological polar surface area (TPSA) is 94.3 Å². The molecule has 0 fully saturated rings. The van der Waals surface area contributed by atoms with Gasteiger partial charge < -0.3 is 14.6 Å². The van der Waals surface area contributed by atoms with Crippen LogP contribution in [-0.4, -0.2) is 28.6 Å². The SMILES string of the molecule is CCCCOC(=O)c1ccc(NC(=O)CCc2nc(-c3ccc(C(C)C)cc3)no2)cc1. The smallest absolute Gasteiger partial charge is 0.338 e. The van der Waals surface area contributed by atoms with Gasteiger partial charge in [-0.1, -0.05) is 56.6 Å². The molecular formula is C25H29N3O4. The van der Waals surface area contributed by atoms with Crippen LogP contribution in [0.25, 0.3) is 11.4 Å². The van der Waals surface area contributed by atoms with Gasteiger partial charge in [0.2, 0.25) is 17.6 Å². The van der Waals surface area contributed by atoms with E-state index in [1.54, 1.807) is 24.3 Å². The van der Waals surface area contributed by atoms with Crippen LogP contribution in [-0.2, 0) is 16.0 Å². The monoisotopic (exact) mass is 435 g/mol. The fourth-order valence-corrected chi connectivity index (χ4v) is 3.02. The zero-order valence-corrected chi connectivity index (χ0v) is 18.8. The van der Waals surface area contributed by atoms with Gasteiger partial charge in [0.1, 0.15) is 0 Å². The first-order valence-electron chi connectivity index (χ1n) is 11.0. The molecule has 0 saturated carbocycles. The second kappa shape index (κ2) is 11.2. The Bertz CT molecular complexity index is 1020. The molecule has 0 unspecified atom stereocenters. The molecule has 3 rings (SSSR count). The molecule has 0 atom stereocenters. The van der Waals surface area contributed by atoms with Crippen LogP contribution in [0.3, 0.4) is 0 Å². The number of carbonyl (C=O) groups excluding carboxylic acids is 2. The van der Waals surface area contributed by atoms with Crippen molar-refractivity contribution in [1.82, 2.24) is 10.1 Å². The third kappa shape index (κ3) is 6.51. The van der Waals surface area contributed by atoms with Gasteiger partial charge in [0.15, 0.2) is 0 Å². The minimum Gasteiger partial charge on any atom is -0.462 e. The lowest BCUT2D eigenvalue weighted by atomic mass is 10.0. The maximum atomic E-state index is 12.3. The Hall–Kier alpha value is -3.48. The minimum absolute atomic E-state index is 0.177. The average molecular weight is 436 g/mol. The zero-order valence-electron chi connectivity index (χ0n) is 18.8. The highest BCUT2D eigenvalue weighted by atomic mass is 16.5. The second-order valence-electron chi connectivity index (χ2n) is 7.90. The number of anilines is 1. The van der Waals surface area contributed by atoms with E-state index in [-0.39, 0.29) is 18.3 Å². The Morgan fingerprint density at radius 3 is 2.44 bits per heavy atom. The average Bonchev–Trinajstić information content (AvgIpc) is 3.27. The molecule has 7 heteroatoms. The van der Waals surface area contributed by atoms with Gasteiger partial charge in [-0.05, 0) is 42.2 Å². The van der Waals surface area contributed by atoms with E-state index < -0.39 is 0 Å². The van der Waals surface area contributed by atoms with E-state index in [1.165, 1.54) is 5.56 Å². The summed E-state index contributed by atoms with van der Waals surface area (Å²) in [4.78, 5) is 28.6. The van der Waals surface area contributed by atoms with Crippen molar-refractivity contribution in [3.63, 3.8) is 0 Å². The summed E-state index contributed by atoms with van der Waals surface area (Å²) in [5.74, 6) is 0.844. The summed E-state index contributed by atoms with van der Waals surface area (Å²) in [5.41, 5.74) is 3.19. The fourth-order valence-electron chi connectivity index (χ4n) is 3.02. The van der Waals surface area contributed by atoms with E-state index in [0.29, 0.717) is 41.9 Å². The van der Waals surface area contributed by atoms with Crippen molar-refractivity contribution in [3.8, 4) is 11.4 Å². The van der Waals surface area contributed by atoms with Gasteiger partial charge in [-0.3, -0.25) is 4.79 Å². The number of hydrogen-bond acceptors (Lipinski definition) is 6. The predicted molar refractivity (Wildman–Crippen MR) is 122 cm³/mol. The largest absolute Gasteiger partial charge is 0.462 e. The van der Waals surface area contributed by atoms with Crippen molar-refractivity contribution in [3.05, 3.63) is 65.5 Å². The Labute approximate surface area is 188 Å². The second-order valence-corrected chi connectivity index (χ2v) is 7.90. The van der Waals surface area contributed by atoms with Gasteiger partial charge in [0, 0.05) is 24.1 Å². The van der Waals surface area contributed by atoms with Crippen molar-refractivity contribution in [1.29, 1.82) is 0 Å². The molecule has 2 aromatic carbocycles. The molecule has 0 saturated heterocycles. The lowest BCUT2D eigenvalue weighted by molar-refractivity contribution is -0.116. The molecule has 1 amide bonds. The van der Waals surface area contributed by atoms with Crippen LogP contribution in [0.15, 0.2) is 53.1 Å². The summed E-state index contributed by atoms with van der Waals surface area (Å²) in [6.45, 7) is 6.73. The van der Waals surface area contributed by atoms with Crippen molar-refractivity contribution in [2.24, 2.45) is 0 Å². The first kappa shape index (κ1) is 23.2. The van der Waals surface area contributed by atoms with Gasteiger partial charge in [0.25, 0.3) is 0 Å². The number of esters is 1. The highest BCUT2D eigenvalue weighted by Crippen LogP contribution is 2.21. The summed E-state index contributed by atoms with van der Waals surface area (Å²) < 4.78 is 10.5. The summed E-state index contributed by atoms with van der Waals surface area (Å²) in [6, 6.07) is 14.7. The van der Waals surface area contributed by atoms with E-state index in [4.69, 9.17) is 9.26 Å². The van der Waals surface area contributed by atoms with Crippen LogP contribution in [0.2, 0.25) is 0 Å². The number of nitrogens with one attached hydrogen (secondary N) is 1. The standard InChI is InChI=1S/C25H29N3O4/c1-4-5-16-31-25(30)20-10-12-21(13-11-20)26-22(29)14-15-23-27-24(28-32-23)19-8-6-18(7-9-19)17(2)3/h6-13,17H,4-5,14-16H2,1-3H3,(H,26,29). The van der Waals surface area contributed by atoms with Crippen molar-refractivity contribution < 1.29 is 18.8 Å². The number of benzene rings is 2. The van der Waals surface area contributed by atoms with E-state index in [2.05, 4.69) is 41.4 Å². The molecular weight excluding hydrogens is 406 g/mol. The van der Waals surface area contributed by atoms with E-state index in [9.17, 15) is 9.59 Å². The van der Waals surface area contributed by atoms with Crippen LogP contribution in [0.5, 0.6) is 0 Å². The molecule has 0 spiro atoms. The van der Waals surface area contributed by atoms with Crippen LogP contribution in [0.1, 0.15) is 67.8 Å². The number of carbonyl (C=O) groups is 2. The quantitative estimate of drug-likeness (QED) is 0.339. The normalized spacial score (nSPS) is 10.9. The van der Waals surface area contributed by atoms with Crippen molar-refractivity contribution >= 4 is 17.6 Å². The number of amides is 1. The van der Waals surface area contributed by atoms with Gasteiger partial charge >= 0.3 is 5.97 Å². The van der Waals surface area contributed by atoms with E-state index >= 15 is 0 Å². The minimum atomic E-state index is -0.359. The van der Waals surface area contributed by atoms with Gasteiger partial charge in [-0.25, -0.2) is 4.79 Å². The van der Waals surface area contributed by atoms with Crippen LogP contribution >= 0.6 is 0 Å². The number of rotatable bonds is 10. The highest BCUT2D eigenvalue weighted by molar-refractivity contribution is 5.93. The summed E-state index contributed by atoms with van der Waals surface area (Å²) in [7, 11) is 0. The maximum Gasteiger partial charge on any atom is 0.338 e. The van der Waals surface area contributed by atoms with E-state index in [1.807, 2.05) is 19.1 Å². The summed E-state index contributed by atoms with van der Waals surface area (Å²) in [6.07, 6.45) is 2.35. The summed E-state index contributed by atoms with van der Waals surface area (Å²) >= 11 is 0. The molecule has 1 N–H and O–H groups in total. The Morgan fingerprint density at radius 1 is 1.06 bits per heavy atom.